The molecule has 0 saturated carbocycles. The quantitative estimate of drug-likeness (QED) is 0.631. The van der Waals surface area contributed by atoms with E-state index in [4.69, 9.17) is 4.84 Å². The van der Waals surface area contributed by atoms with Crippen LogP contribution in [0.2, 0.25) is 0 Å². The molecule has 1 aromatic heterocycles. The van der Waals surface area contributed by atoms with Crippen LogP contribution in [0, 0.1) is 0 Å². The minimum Gasteiger partial charge on any atom is -0.386 e. The van der Waals surface area contributed by atoms with Crippen LogP contribution in [0.25, 0.3) is 0 Å². The molecule has 0 spiro atoms. The molecule has 12 heavy (non-hydrogen) atoms. The number of nitrogens with zero attached hydrogens (tertiary/aromatic N) is 2. The first-order chi connectivity index (χ1) is 5.79. The number of aromatic nitrogens is 1. The number of pyridine rings is 1. The van der Waals surface area contributed by atoms with Gasteiger partial charge in [-0.2, -0.15) is 0 Å². The molecule has 68 valence electrons. The van der Waals surface area contributed by atoms with Crippen molar-refractivity contribution in [2.45, 2.75) is 13.8 Å². The summed E-state index contributed by atoms with van der Waals surface area (Å²) < 4.78 is 0. The predicted octanol–water partition coefficient (Wildman–Crippen LogP) is 1.96. The first kappa shape index (κ1) is 10.9. The van der Waals surface area contributed by atoms with Crippen molar-refractivity contribution < 1.29 is 4.84 Å². The molecule has 0 N–H and O–H groups in total. The molecule has 0 radical (unpaired) electrons. The second kappa shape index (κ2) is 6.61. The summed E-state index contributed by atoms with van der Waals surface area (Å²) in [6.45, 7) is 4.00. The summed E-state index contributed by atoms with van der Waals surface area (Å²) in [6.07, 6.45) is 1.69. The molecule has 0 atom stereocenters. The van der Waals surface area contributed by atoms with E-state index < -0.39 is 0 Å². The van der Waals surface area contributed by atoms with E-state index >= 15 is 0 Å². The lowest BCUT2D eigenvalue weighted by Crippen LogP contribution is -2.16. The van der Waals surface area contributed by atoms with Crippen molar-refractivity contribution in [2.24, 2.45) is 0 Å². The normalized spacial score (nSPS) is 8.75. The van der Waals surface area contributed by atoms with Gasteiger partial charge in [-0.3, -0.25) is 0 Å². The van der Waals surface area contributed by atoms with Crippen LogP contribution in [0.3, 0.4) is 0 Å². The van der Waals surface area contributed by atoms with Gasteiger partial charge in [0, 0.05) is 26.4 Å². The van der Waals surface area contributed by atoms with E-state index in [1.807, 2.05) is 40.1 Å². The van der Waals surface area contributed by atoms with E-state index in [0.717, 1.165) is 0 Å². The molecule has 1 heterocycles. The zero-order chi connectivity index (χ0) is 9.40. The van der Waals surface area contributed by atoms with Crippen LogP contribution in [0.5, 0.6) is 5.88 Å². The van der Waals surface area contributed by atoms with Gasteiger partial charge in [-0.1, -0.05) is 19.9 Å². The van der Waals surface area contributed by atoms with E-state index in [9.17, 15) is 0 Å². The van der Waals surface area contributed by atoms with Crippen molar-refractivity contribution >= 4 is 0 Å². The Morgan fingerprint density at radius 3 is 2.33 bits per heavy atom. The average Bonchev–Trinajstić information content (AvgIpc) is 2.08. The van der Waals surface area contributed by atoms with E-state index in [0.29, 0.717) is 5.88 Å². The van der Waals surface area contributed by atoms with Crippen molar-refractivity contribution in [1.29, 1.82) is 0 Å². The molecule has 0 aliphatic rings. The molecular formula is C9H16N2O. The summed E-state index contributed by atoms with van der Waals surface area (Å²) in [5, 5.41) is 1.60. The van der Waals surface area contributed by atoms with Crippen LogP contribution in [0.4, 0.5) is 0 Å². The van der Waals surface area contributed by atoms with Gasteiger partial charge >= 0.3 is 0 Å². The zero-order valence-corrected chi connectivity index (χ0v) is 8.11. The molecule has 0 aliphatic heterocycles. The van der Waals surface area contributed by atoms with Crippen LogP contribution >= 0.6 is 0 Å². The third-order valence-corrected chi connectivity index (χ3v) is 0.914. The lowest BCUT2D eigenvalue weighted by molar-refractivity contribution is -0.00834. The van der Waals surface area contributed by atoms with Gasteiger partial charge in [0.2, 0.25) is 5.88 Å². The molecule has 1 rings (SSSR count). The highest BCUT2D eigenvalue weighted by Crippen LogP contribution is 2.02. The molecule has 1 aromatic rings. The van der Waals surface area contributed by atoms with Gasteiger partial charge in [0.1, 0.15) is 0 Å². The summed E-state index contributed by atoms with van der Waals surface area (Å²) in [6, 6.07) is 5.54. The summed E-state index contributed by atoms with van der Waals surface area (Å²) in [5.74, 6) is 0.618. The minimum absolute atomic E-state index is 0.618. The Bertz CT molecular complexity index is 187. The zero-order valence-electron chi connectivity index (χ0n) is 8.11. The van der Waals surface area contributed by atoms with E-state index in [1.165, 1.54) is 0 Å². The van der Waals surface area contributed by atoms with Crippen molar-refractivity contribution in [3.8, 4) is 5.88 Å². The monoisotopic (exact) mass is 168 g/mol. The molecule has 0 amide bonds. The van der Waals surface area contributed by atoms with E-state index in [1.54, 1.807) is 17.3 Å². The highest BCUT2D eigenvalue weighted by molar-refractivity contribution is 5.08. The maximum Gasteiger partial charge on any atom is 0.238 e. The molecule has 3 heteroatoms. The molecule has 0 aromatic carbocycles. The van der Waals surface area contributed by atoms with Gasteiger partial charge in [0.05, 0.1) is 0 Å². The van der Waals surface area contributed by atoms with Crippen molar-refractivity contribution in [2.75, 3.05) is 14.1 Å². The molecule has 0 bridgehead atoms. The number of hydroxylamine groups is 2. The minimum atomic E-state index is 0.618. The van der Waals surface area contributed by atoms with Gasteiger partial charge in [0.25, 0.3) is 0 Å². The Hall–Kier alpha value is -1.09. The van der Waals surface area contributed by atoms with Crippen molar-refractivity contribution in [3.63, 3.8) is 0 Å². The number of hydrogen-bond donors (Lipinski definition) is 0. The third kappa shape index (κ3) is 4.68. The standard InChI is InChI=1S/C7H10N2O.C2H6/c1-9(2)10-7-5-3-4-6-8-7;1-2/h3-6H,1-2H3;1-2H3. The Morgan fingerprint density at radius 1 is 1.25 bits per heavy atom. The summed E-state index contributed by atoms with van der Waals surface area (Å²) in [7, 11) is 3.63. The molecule has 0 saturated heterocycles. The summed E-state index contributed by atoms with van der Waals surface area (Å²) >= 11 is 0. The fourth-order valence-corrected chi connectivity index (χ4v) is 0.588. The second-order valence-electron chi connectivity index (χ2n) is 2.07. The second-order valence-corrected chi connectivity index (χ2v) is 2.07. The van der Waals surface area contributed by atoms with Crippen molar-refractivity contribution in [3.05, 3.63) is 24.4 Å². The van der Waals surface area contributed by atoms with Gasteiger partial charge in [-0.15, -0.1) is 5.06 Å². The topological polar surface area (TPSA) is 25.4 Å². The smallest absolute Gasteiger partial charge is 0.238 e. The van der Waals surface area contributed by atoms with Crippen molar-refractivity contribution in [1.82, 2.24) is 10.0 Å². The SMILES string of the molecule is CC.CN(C)Oc1ccccn1. The molecule has 0 unspecified atom stereocenters. The first-order valence-corrected chi connectivity index (χ1v) is 4.05. The fourth-order valence-electron chi connectivity index (χ4n) is 0.588. The summed E-state index contributed by atoms with van der Waals surface area (Å²) in [5.41, 5.74) is 0. The van der Waals surface area contributed by atoms with E-state index in [-0.39, 0.29) is 0 Å². The maximum atomic E-state index is 5.14. The highest BCUT2D eigenvalue weighted by Gasteiger charge is 1.92. The Kier molecular flexibility index (Phi) is 6.01. The fraction of sp³-hybridized carbons (Fsp3) is 0.444. The molecular weight excluding hydrogens is 152 g/mol. The molecule has 3 nitrogen and oxygen atoms in total. The van der Waals surface area contributed by atoms with Crippen LogP contribution in [-0.2, 0) is 0 Å². The first-order valence-electron chi connectivity index (χ1n) is 4.05. The summed E-state index contributed by atoms with van der Waals surface area (Å²) in [4.78, 5) is 9.09. The molecule has 0 aliphatic carbocycles. The lowest BCUT2D eigenvalue weighted by Gasteiger charge is -2.09. The lowest BCUT2D eigenvalue weighted by atomic mass is 10.5. The van der Waals surface area contributed by atoms with Gasteiger partial charge in [-0.25, -0.2) is 4.98 Å². The largest absolute Gasteiger partial charge is 0.386 e. The third-order valence-electron chi connectivity index (χ3n) is 0.914. The predicted molar refractivity (Wildman–Crippen MR) is 49.9 cm³/mol. The Labute approximate surface area is 73.9 Å². The van der Waals surface area contributed by atoms with Crippen LogP contribution < -0.4 is 4.84 Å². The number of rotatable bonds is 2. The van der Waals surface area contributed by atoms with Crippen LogP contribution in [0.1, 0.15) is 13.8 Å². The van der Waals surface area contributed by atoms with Gasteiger partial charge in [-0.05, 0) is 6.07 Å². The Morgan fingerprint density at radius 2 is 1.92 bits per heavy atom. The van der Waals surface area contributed by atoms with Crippen LogP contribution in [0.15, 0.2) is 24.4 Å². The van der Waals surface area contributed by atoms with Crippen LogP contribution in [-0.4, -0.2) is 24.1 Å². The Balaban J connectivity index is 0.000000561. The highest BCUT2D eigenvalue weighted by atomic mass is 16.7. The molecule has 0 fully saturated rings. The van der Waals surface area contributed by atoms with Gasteiger partial charge in [0.15, 0.2) is 0 Å². The van der Waals surface area contributed by atoms with Gasteiger partial charge < -0.3 is 4.84 Å². The maximum absolute atomic E-state index is 5.14. The number of hydrogen-bond acceptors (Lipinski definition) is 3. The average molecular weight is 168 g/mol. The van der Waals surface area contributed by atoms with E-state index in [2.05, 4.69) is 4.98 Å².